The van der Waals surface area contributed by atoms with Gasteiger partial charge in [-0.3, -0.25) is 4.79 Å². The summed E-state index contributed by atoms with van der Waals surface area (Å²) in [4.78, 5) is 14.9. The standard InChI is InChI=1S/C21H26N2O3S/c1-15(2)20(21(24)23-13-12-17-9-6-7-11-19(17)23)22-27(25,26)14-18-10-5-4-8-16(18)3/h4-11,15,20,22H,12-14H2,1-3H3/t20-/m0/s1. The molecule has 0 unspecified atom stereocenters. The number of hydrogen-bond acceptors (Lipinski definition) is 3. The van der Waals surface area contributed by atoms with Gasteiger partial charge in [0, 0.05) is 12.2 Å². The number of nitrogens with zero attached hydrogens (tertiary/aromatic N) is 1. The van der Waals surface area contributed by atoms with Gasteiger partial charge < -0.3 is 4.90 Å². The summed E-state index contributed by atoms with van der Waals surface area (Å²) in [5.74, 6) is -0.479. The fraction of sp³-hybridized carbons (Fsp3) is 0.381. The minimum atomic E-state index is -3.65. The van der Waals surface area contributed by atoms with E-state index in [1.54, 1.807) is 11.0 Å². The van der Waals surface area contributed by atoms with Gasteiger partial charge in [0.2, 0.25) is 15.9 Å². The van der Waals surface area contributed by atoms with Gasteiger partial charge in [-0.25, -0.2) is 13.1 Å². The number of rotatable bonds is 6. The predicted molar refractivity (Wildman–Crippen MR) is 108 cm³/mol. The Hall–Kier alpha value is -2.18. The summed E-state index contributed by atoms with van der Waals surface area (Å²) in [6, 6.07) is 14.4. The van der Waals surface area contributed by atoms with Gasteiger partial charge in [-0.15, -0.1) is 0 Å². The third-order valence-corrected chi connectivity index (χ3v) is 6.30. The molecule has 0 bridgehead atoms. The van der Waals surface area contributed by atoms with Gasteiger partial charge >= 0.3 is 0 Å². The Morgan fingerprint density at radius 3 is 2.48 bits per heavy atom. The number of carbonyl (C=O) groups is 1. The van der Waals surface area contributed by atoms with Crippen LogP contribution in [0.2, 0.25) is 0 Å². The van der Waals surface area contributed by atoms with Gasteiger partial charge in [-0.2, -0.15) is 0 Å². The monoisotopic (exact) mass is 386 g/mol. The lowest BCUT2D eigenvalue weighted by Gasteiger charge is -2.27. The Balaban J connectivity index is 1.80. The van der Waals surface area contributed by atoms with E-state index in [2.05, 4.69) is 4.72 Å². The minimum Gasteiger partial charge on any atom is -0.310 e. The molecule has 144 valence electrons. The fourth-order valence-electron chi connectivity index (χ4n) is 3.42. The van der Waals surface area contributed by atoms with Crippen LogP contribution in [0, 0.1) is 12.8 Å². The van der Waals surface area contributed by atoms with Crippen LogP contribution in [-0.2, 0) is 27.0 Å². The van der Waals surface area contributed by atoms with Gasteiger partial charge in [0.05, 0.1) is 5.75 Å². The molecule has 0 aliphatic carbocycles. The maximum atomic E-state index is 13.1. The number of hydrogen-bond donors (Lipinski definition) is 1. The molecule has 0 radical (unpaired) electrons. The van der Waals surface area contributed by atoms with Crippen LogP contribution in [-0.4, -0.2) is 26.9 Å². The molecule has 1 heterocycles. The molecule has 0 saturated carbocycles. The summed E-state index contributed by atoms with van der Waals surface area (Å²) in [6.45, 7) is 6.19. The Labute approximate surface area is 161 Å². The zero-order valence-corrected chi connectivity index (χ0v) is 16.8. The van der Waals surface area contributed by atoms with Crippen LogP contribution in [0.5, 0.6) is 0 Å². The van der Waals surface area contributed by atoms with Crippen molar-refractivity contribution in [3.63, 3.8) is 0 Å². The maximum absolute atomic E-state index is 13.1. The first-order valence-electron chi connectivity index (χ1n) is 9.22. The van der Waals surface area contributed by atoms with Gasteiger partial charge in [0.25, 0.3) is 0 Å². The molecule has 2 aromatic carbocycles. The number of para-hydroxylation sites is 1. The topological polar surface area (TPSA) is 66.5 Å². The normalized spacial score (nSPS) is 15.0. The van der Waals surface area contributed by atoms with Gasteiger partial charge in [0.1, 0.15) is 6.04 Å². The van der Waals surface area contributed by atoms with Crippen molar-refractivity contribution in [2.75, 3.05) is 11.4 Å². The average Bonchev–Trinajstić information content (AvgIpc) is 3.05. The van der Waals surface area contributed by atoms with Crippen molar-refractivity contribution < 1.29 is 13.2 Å². The van der Waals surface area contributed by atoms with Crippen molar-refractivity contribution in [1.82, 2.24) is 4.72 Å². The quantitative estimate of drug-likeness (QED) is 0.830. The molecule has 3 rings (SSSR count). The smallest absolute Gasteiger partial charge is 0.245 e. The van der Waals surface area contributed by atoms with E-state index < -0.39 is 16.1 Å². The number of sulfonamides is 1. The number of carbonyl (C=O) groups excluding carboxylic acids is 1. The van der Waals surface area contributed by atoms with Crippen LogP contribution >= 0.6 is 0 Å². The molecule has 1 atom stereocenters. The predicted octanol–water partition coefficient (Wildman–Crippen LogP) is 3.03. The van der Waals surface area contributed by atoms with E-state index >= 15 is 0 Å². The van der Waals surface area contributed by atoms with E-state index in [9.17, 15) is 13.2 Å². The van der Waals surface area contributed by atoms with Crippen molar-refractivity contribution in [2.24, 2.45) is 5.92 Å². The molecule has 1 amide bonds. The fourth-order valence-corrected chi connectivity index (χ4v) is 5.00. The van der Waals surface area contributed by atoms with Crippen LogP contribution in [0.1, 0.15) is 30.5 Å². The van der Waals surface area contributed by atoms with Crippen molar-refractivity contribution >= 4 is 21.6 Å². The molecule has 5 nitrogen and oxygen atoms in total. The third kappa shape index (κ3) is 4.39. The molecule has 6 heteroatoms. The van der Waals surface area contributed by atoms with Crippen molar-refractivity contribution in [3.8, 4) is 0 Å². The second kappa shape index (κ2) is 7.82. The Kier molecular flexibility index (Phi) is 5.67. The van der Waals surface area contributed by atoms with Crippen molar-refractivity contribution in [2.45, 2.75) is 39.0 Å². The molecular formula is C21H26N2O3S. The first-order chi connectivity index (χ1) is 12.8. The molecule has 27 heavy (non-hydrogen) atoms. The zero-order valence-electron chi connectivity index (χ0n) is 16.0. The lowest BCUT2D eigenvalue weighted by molar-refractivity contribution is -0.121. The van der Waals surface area contributed by atoms with Crippen LogP contribution in [0.4, 0.5) is 5.69 Å². The highest BCUT2D eigenvalue weighted by Gasteiger charge is 2.34. The zero-order chi connectivity index (χ0) is 19.6. The molecule has 0 fully saturated rings. The molecule has 1 aliphatic rings. The Bertz CT molecular complexity index is 938. The summed E-state index contributed by atoms with van der Waals surface area (Å²) >= 11 is 0. The van der Waals surface area contributed by atoms with Crippen LogP contribution in [0.25, 0.3) is 0 Å². The number of benzene rings is 2. The number of nitrogens with one attached hydrogen (secondary N) is 1. The van der Waals surface area contributed by atoms with E-state index in [0.717, 1.165) is 28.8 Å². The Morgan fingerprint density at radius 1 is 1.11 bits per heavy atom. The molecule has 2 aromatic rings. The first kappa shape index (κ1) is 19.6. The number of anilines is 1. The van der Waals surface area contributed by atoms with Crippen LogP contribution in [0.3, 0.4) is 0 Å². The molecule has 0 saturated heterocycles. The highest BCUT2D eigenvalue weighted by molar-refractivity contribution is 7.88. The maximum Gasteiger partial charge on any atom is 0.245 e. The Morgan fingerprint density at radius 2 is 1.78 bits per heavy atom. The molecular weight excluding hydrogens is 360 g/mol. The van der Waals surface area contributed by atoms with E-state index in [4.69, 9.17) is 0 Å². The lowest BCUT2D eigenvalue weighted by Crippen LogP contribution is -2.51. The minimum absolute atomic E-state index is 0.132. The van der Waals surface area contributed by atoms with Crippen LogP contribution < -0.4 is 9.62 Å². The third-order valence-electron chi connectivity index (χ3n) is 5.00. The van der Waals surface area contributed by atoms with Crippen LogP contribution in [0.15, 0.2) is 48.5 Å². The van der Waals surface area contributed by atoms with E-state index in [1.807, 2.05) is 63.2 Å². The summed E-state index contributed by atoms with van der Waals surface area (Å²) in [6.07, 6.45) is 0.794. The molecule has 0 aromatic heterocycles. The van der Waals surface area contributed by atoms with E-state index in [1.165, 1.54) is 0 Å². The van der Waals surface area contributed by atoms with E-state index in [-0.39, 0.29) is 17.6 Å². The van der Waals surface area contributed by atoms with Gasteiger partial charge in [-0.05, 0) is 42.0 Å². The molecule has 1 N–H and O–H groups in total. The summed E-state index contributed by atoms with van der Waals surface area (Å²) < 4.78 is 28.2. The highest BCUT2D eigenvalue weighted by atomic mass is 32.2. The largest absolute Gasteiger partial charge is 0.310 e. The molecule has 1 aliphatic heterocycles. The number of aryl methyl sites for hydroxylation is 1. The summed E-state index contributed by atoms with van der Waals surface area (Å²) in [7, 11) is -3.65. The average molecular weight is 387 g/mol. The molecule has 0 spiro atoms. The number of amides is 1. The summed E-state index contributed by atoms with van der Waals surface area (Å²) in [5.41, 5.74) is 3.66. The van der Waals surface area contributed by atoms with Crippen molar-refractivity contribution in [1.29, 1.82) is 0 Å². The lowest BCUT2D eigenvalue weighted by atomic mass is 10.0. The number of fused-ring (bicyclic) bond motifs is 1. The first-order valence-corrected chi connectivity index (χ1v) is 10.9. The van der Waals surface area contributed by atoms with Crippen molar-refractivity contribution in [3.05, 3.63) is 65.2 Å². The summed E-state index contributed by atoms with van der Waals surface area (Å²) in [5, 5.41) is 0. The second-order valence-corrected chi connectivity index (χ2v) is 9.15. The highest BCUT2D eigenvalue weighted by Crippen LogP contribution is 2.28. The van der Waals surface area contributed by atoms with Gasteiger partial charge in [0.15, 0.2) is 0 Å². The van der Waals surface area contributed by atoms with E-state index in [0.29, 0.717) is 6.54 Å². The second-order valence-electron chi connectivity index (χ2n) is 7.39. The van der Waals surface area contributed by atoms with Gasteiger partial charge in [-0.1, -0.05) is 56.3 Å². The SMILES string of the molecule is Cc1ccccc1CS(=O)(=O)N[C@H](C(=O)N1CCc2ccccc21)C(C)C.